The first kappa shape index (κ1) is 19.2. The lowest BCUT2D eigenvalue weighted by molar-refractivity contribution is -0.135. The van der Waals surface area contributed by atoms with Crippen molar-refractivity contribution in [2.45, 2.75) is 13.0 Å². The number of methoxy groups -OCH3 is 1. The maximum atomic E-state index is 12.9. The number of carbonyl (C=O) groups excluding carboxylic acids is 2. The number of nitrogens with one attached hydrogen (secondary N) is 1. The average molecular weight is 378 g/mol. The number of nitrogens with zero attached hydrogens (tertiary/aromatic N) is 1. The maximum absolute atomic E-state index is 12.9. The van der Waals surface area contributed by atoms with Crippen molar-refractivity contribution in [1.82, 2.24) is 4.90 Å². The van der Waals surface area contributed by atoms with Crippen LogP contribution in [0.1, 0.15) is 11.3 Å². The topological polar surface area (TPSA) is 71.8 Å². The van der Waals surface area contributed by atoms with Crippen molar-refractivity contribution in [1.29, 1.82) is 0 Å². The van der Waals surface area contributed by atoms with Gasteiger partial charge in [-0.2, -0.15) is 0 Å². The highest BCUT2D eigenvalue weighted by Crippen LogP contribution is 2.19. The molecule has 1 aromatic heterocycles. The Bertz CT molecular complexity index is 907. The fourth-order valence-corrected chi connectivity index (χ4v) is 2.84. The Morgan fingerprint density at radius 1 is 1.00 bits per heavy atom. The molecule has 1 heterocycles. The molecular formula is C22H22N2O4. The summed E-state index contributed by atoms with van der Waals surface area (Å²) in [6.45, 7) is 0.132. The van der Waals surface area contributed by atoms with E-state index in [0.29, 0.717) is 17.2 Å². The molecule has 0 aliphatic heterocycles. The minimum atomic E-state index is -0.272. The number of carbonyl (C=O) groups is 2. The highest BCUT2D eigenvalue weighted by Gasteiger charge is 2.20. The smallest absolute Gasteiger partial charge is 0.244 e. The molecule has 3 rings (SSSR count). The van der Waals surface area contributed by atoms with Gasteiger partial charge in [0.15, 0.2) is 0 Å². The summed E-state index contributed by atoms with van der Waals surface area (Å²) in [5, 5.41) is 2.81. The van der Waals surface area contributed by atoms with Gasteiger partial charge in [-0.3, -0.25) is 9.59 Å². The van der Waals surface area contributed by atoms with Gasteiger partial charge in [0.25, 0.3) is 0 Å². The Hall–Kier alpha value is -3.54. The van der Waals surface area contributed by atoms with Crippen LogP contribution in [0.5, 0.6) is 5.75 Å². The van der Waals surface area contributed by atoms with Crippen LogP contribution in [-0.4, -0.2) is 30.4 Å². The summed E-state index contributed by atoms with van der Waals surface area (Å²) in [5.74, 6) is 0.790. The van der Waals surface area contributed by atoms with E-state index in [-0.39, 0.29) is 31.3 Å². The van der Waals surface area contributed by atoms with E-state index in [4.69, 9.17) is 9.15 Å². The Kier molecular flexibility index (Phi) is 6.46. The standard InChI is InChI=1S/C22H22N2O4/c1-27-20-12-6-5-8-17(20)14-22(26)24(15-19-11-7-13-28-19)16-21(25)23-18-9-3-2-4-10-18/h2-13H,14-16H2,1H3,(H,23,25). The number of anilines is 1. The number of ether oxygens (including phenoxy) is 1. The van der Waals surface area contributed by atoms with Gasteiger partial charge in [0.05, 0.1) is 26.3 Å². The van der Waals surface area contributed by atoms with Crippen LogP contribution in [0.4, 0.5) is 5.69 Å². The quantitative estimate of drug-likeness (QED) is 0.651. The summed E-state index contributed by atoms with van der Waals surface area (Å²) >= 11 is 0. The molecule has 0 saturated carbocycles. The van der Waals surface area contributed by atoms with Gasteiger partial charge in [0.1, 0.15) is 18.1 Å². The van der Waals surface area contributed by atoms with Crippen molar-refractivity contribution in [3.05, 3.63) is 84.3 Å². The predicted molar refractivity (Wildman–Crippen MR) is 106 cm³/mol. The maximum Gasteiger partial charge on any atom is 0.244 e. The third kappa shape index (κ3) is 5.23. The van der Waals surface area contributed by atoms with Gasteiger partial charge in [-0.25, -0.2) is 0 Å². The number of rotatable bonds is 8. The molecule has 3 aromatic rings. The van der Waals surface area contributed by atoms with Crippen LogP contribution in [0.2, 0.25) is 0 Å². The summed E-state index contributed by atoms with van der Waals surface area (Å²) in [7, 11) is 1.57. The Balaban J connectivity index is 1.72. The van der Waals surface area contributed by atoms with E-state index < -0.39 is 0 Å². The fraction of sp³-hybridized carbons (Fsp3) is 0.182. The molecule has 0 atom stereocenters. The van der Waals surface area contributed by atoms with Crippen LogP contribution >= 0.6 is 0 Å². The zero-order valence-electron chi connectivity index (χ0n) is 15.6. The first-order chi connectivity index (χ1) is 13.7. The normalized spacial score (nSPS) is 10.3. The molecular weight excluding hydrogens is 356 g/mol. The molecule has 0 aliphatic rings. The summed E-state index contributed by atoms with van der Waals surface area (Å²) < 4.78 is 10.7. The lowest BCUT2D eigenvalue weighted by Gasteiger charge is -2.22. The van der Waals surface area contributed by atoms with Crippen LogP contribution < -0.4 is 10.1 Å². The van der Waals surface area contributed by atoms with Crippen LogP contribution in [0.25, 0.3) is 0 Å². The molecule has 0 aliphatic carbocycles. The van der Waals surface area contributed by atoms with Crippen LogP contribution in [-0.2, 0) is 22.6 Å². The van der Waals surface area contributed by atoms with E-state index in [1.54, 1.807) is 37.6 Å². The van der Waals surface area contributed by atoms with Crippen molar-refractivity contribution < 1.29 is 18.7 Å². The van der Waals surface area contributed by atoms with Gasteiger partial charge < -0.3 is 19.4 Å². The molecule has 28 heavy (non-hydrogen) atoms. The lowest BCUT2D eigenvalue weighted by atomic mass is 10.1. The molecule has 0 spiro atoms. The van der Waals surface area contributed by atoms with Crippen molar-refractivity contribution in [3.8, 4) is 5.75 Å². The fourth-order valence-electron chi connectivity index (χ4n) is 2.84. The van der Waals surface area contributed by atoms with Gasteiger partial charge in [0, 0.05) is 11.3 Å². The summed E-state index contributed by atoms with van der Waals surface area (Å²) in [6.07, 6.45) is 1.67. The minimum absolute atomic E-state index is 0.0798. The van der Waals surface area contributed by atoms with Crippen molar-refractivity contribution in [3.63, 3.8) is 0 Å². The van der Waals surface area contributed by atoms with Crippen molar-refractivity contribution in [2.75, 3.05) is 19.0 Å². The van der Waals surface area contributed by atoms with Crippen LogP contribution in [0.15, 0.2) is 77.4 Å². The number of furan rings is 1. The average Bonchev–Trinajstić information content (AvgIpc) is 3.22. The van der Waals surface area contributed by atoms with E-state index in [1.807, 2.05) is 42.5 Å². The molecule has 2 aromatic carbocycles. The van der Waals surface area contributed by atoms with Crippen LogP contribution in [0.3, 0.4) is 0 Å². The SMILES string of the molecule is COc1ccccc1CC(=O)N(CC(=O)Nc1ccccc1)Cc1ccco1. The predicted octanol–water partition coefficient (Wildman–Crippen LogP) is 3.50. The molecule has 6 nitrogen and oxygen atoms in total. The van der Waals surface area contributed by atoms with E-state index in [1.165, 1.54) is 4.90 Å². The van der Waals surface area contributed by atoms with Crippen molar-refractivity contribution in [2.24, 2.45) is 0 Å². The zero-order chi connectivity index (χ0) is 19.8. The molecule has 0 saturated heterocycles. The van der Waals surface area contributed by atoms with Gasteiger partial charge in [0.2, 0.25) is 11.8 Å². The van der Waals surface area contributed by atoms with E-state index in [2.05, 4.69) is 5.32 Å². The third-order valence-corrected chi connectivity index (χ3v) is 4.21. The van der Waals surface area contributed by atoms with Crippen LogP contribution in [0, 0.1) is 0 Å². The van der Waals surface area contributed by atoms with E-state index >= 15 is 0 Å². The monoisotopic (exact) mass is 378 g/mol. The summed E-state index contributed by atoms with van der Waals surface area (Å²) in [6, 6.07) is 20.0. The lowest BCUT2D eigenvalue weighted by Crippen LogP contribution is -2.38. The number of benzene rings is 2. The Morgan fingerprint density at radius 3 is 2.46 bits per heavy atom. The van der Waals surface area contributed by atoms with Gasteiger partial charge in [-0.05, 0) is 30.3 Å². The molecule has 144 valence electrons. The number of hydrogen-bond acceptors (Lipinski definition) is 4. The second kappa shape index (κ2) is 9.41. The Labute approximate surface area is 163 Å². The first-order valence-corrected chi connectivity index (χ1v) is 8.92. The van der Waals surface area contributed by atoms with Gasteiger partial charge >= 0.3 is 0 Å². The highest BCUT2D eigenvalue weighted by atomic mass is 16.5. The number of para-hydroxylation sites is 2. The number of hydrogen-bond donors (Lipinski definition) is 1. The highest BCUT2D eigenvalue weighted by molar-refractivity contribution is 5.94. The number of amides is 2. The third-order valence-electron chi connectivity index (χ3n) is 4.21. The van der Waals surface area contributed by atoms with Crippen molar-refractivity contribution >= 4 is 17.5 Å². The van der Waals surface area contributed by atoms with Gasteiger partial charge in [-0.15, -0.1) is 0 Å². The first-order valence-electron chi connectivity index (χ1n) is 8.92. The molecule has 0 radical (unpaired) electrons. The molecule has 0 fully saturated rings. The second-order valence-corrected chi connectivity index (χ2v) is 6.23. The minimum Gasteiger partial charge on any atom is -0.496 e. The molecule has 6 heteroatoms. The van der Waals surface area contributed by atoms with E-state index in [0.717, 1.165) is 5.56 Å². The molecule has 0 unspecified atom stereocenters. The summed E-state index contributed by atoms with van der Waals surface area (Å²) in [5.41, 5.74) is 1.45. The summed E-state index contributed by atoms with van der Waals surface area (Å²) in [4.78, 5) is 26.9. The second-order valence-electron chi connectivity index (χ2n) is 6.23. The zero-order valence-corrected chi connectivity index (χ0v) is 15.6. The largest absolute Gasteiger partial charge is 0.496 e. The molecule has 2 amide bonds. The Morgan fingerprint density at radius 2 is 1.75 bits per heavy atom. The molecule has 0 bridgehead atoms. The van der Waals surface area contributed by atoms with E-state index in [9.17, 15) is 9.59 Å². The molecule has 1 N–H and O–H groups in total. The van der Waals surface area contributed by atoms with Gasteiger partial charge in [-0.1, -0.05) is 36.4 Å².